The summed E-state index contributed by atoms with van der Waals surface area (Å²) in [6, 6.07) is 0. The van der Waals surface area contributed by atoms with E-state index in [1.54, 1.807) is 0 Å². The summed E-state index contributed by atoms with van der Waals surface area (Å²) < 4.78 is 2.20. The standard InChI is InChI=1S/C17H29N3/c1-4-9-13(3)15-16(18)20(12-5-2)17(19-15)14-10-7-6-8-11-14/h5,13-14H,2,4,6-12,18H2,1,3H3. The van der Waals surface area contributed by atoms with Gasteiger partial charge in [0.1, 0.15) is 11.6 Å². The molecule has 2 N–H and O–H groups in total. The van der Waals surface area contributed by atoms with Crippen molar-refractivity contribution in [1.29, 1.82) is 0 Å². The van der Waals surface area contributed by atoms with Crippen LogP contribution in [0.3, 0.4) is 0 Å². The number of imidazole rings is 1. The smallest absolute Gasteiger partial charge is 0.127 e. The third kappa shape index (κ3) is 3.08. The Bertz CT molecular complexity index is 441. The first kappa shape index (κ1) is 15.1. The van der Waals surface area contributed by atoms with Crippen LogP contribution in [0.4, 0.5) is 5.82 Å². The zero-order valence-corrected chi connectivity index (χ0v) is 13.1. The van der Waals surface area contributed by atoms with Crippen molar-refractivity contribution < 1.29 is 0 Å². The van der Waals surface area contributed by atoms with E-state index in [-0.39, 0.29) is 0 Å². The van der Waals surface area contributed by atoms with Crippen molar-refractivity contribution in [3.8, 4) is 0 Å². The predicted molar refractivity (Wildman–Crippen MR) is 86.0 cm³/mol. The highest BCUT2D eigenvalue weighted by Crippen LogP contribution is 2.36. The lowest BCUT2D eigenvalue weighted by Crippen LogP contribution is -2.13. The van der Waals surface area contributed by atoms with Gasteiger partial charge in [-0.15, -0.1) is 6.58 Å². The molecule has 1 atom stereocenters. The average molecular weight is 275 g/mol. The molecule has 1 unspecified atom stereocenters. The van der Waals surface area contributed by atoms with Crippen molar-refractivity contribution in [2.24, 2.45) is 0 Å². The molecule has 0 aromatic carbocycles. The molecule has 0 aliphatic heterocycles. The molecule has 1 aliphatic rings. The van der Waals surface area contributed by atoms with Gasteiger partial charge in [0, 0.05) is 18.4 Å². The van der Waals surface area contributed by atoms with Gasteiger partial charge in [-0.3, -0.25) is 0 Å². The maximum absolute atomic E-state index is 6.38. The van der Waals surface area contributed by atoms with Crippen molar-refractivity contribution in [3.63, 3.8) is 0 Å². The Kier molecular flexibility index (Phi) is 5.27. The Hall–Kier alpha value is -1.25. The molecule has 1 aliphatic carbocycles. The number of nitrogens with zero attached hydrogens (tertiary/aromatic N) is 2. The van der Waals surface area contributed by atoms with Crippen LogP contribution in [-0.4, -0.2) is 9.55 Å². The number of allylic oxidation sites excluding steroid dienone is 1. The van der Waals surface area contributed by atoms with E-state index in [1.165, 1.54) is 44.3 Å². The normalized spacial score (nSPS) is 18.1. The average Bonchev–Trinajstić information content (AvgIpc) is 2.78. The van der Waals surface area contributed by atoms with Crippen LogP contribution in [0, 0.1) is 0 Å². The van der Waals surface area contributed by atoms with Gasteiger partial charge in [-0.1, -0.05) is 45.6 Å². The van der Waals surface area contributed by atoms with E-state index >= 15 is 0 Å². The molecule has 0 spiro atoms. The molecule has 1 saturated carbocycles. The van der Waals surface area contributed by atoms with Gasteiger partial charge in [0.05, 0.1) is 5.69 Å². The minimum atomic E-state index is 0.452. The number of nitrogens with two attached hydrogens (primary N) is 1. The fraction of sp³-hybridized carbons (Fsp3) is 0.706. The summed E-state index contributed by atoms with van der Waals surface area (Å²) >= 11 is 0. The number of rotatable bonds is 6. The molecule has 0 amide bonds. The zero-order chi connectivity index (χ0) is 14.5. The highest BCUT2D eigenvalue weighted by molar-refractivity contribution is 5.41. The van der Waals surface area contributed by atoms with Gasteiger partial charge >= 0.3 is 0 Å². The largest absolute Gasteiger partial charge is 0.384 e. The zero-order valence-electron chi connectivity index (χ0n) is 13.1. The molecule has 0 radical (unpaired) electrons. The van der Waals surface area contributed by atoms with Crippen molar-refractivity contribution in [2.45, 2.75) is 77.2 Å². The molecular formula is C17H29N3. The fourth-order valence-corrected chi connectivity index (χ4v) is 3.43. The fourth-order valence-electron chi connectivity index (χ4n) is 3.43. The summed E-state index contributed by atoms with van der Waals surface area (Å²) in [5.74, 6) is 3.12. The molecule has 20 heavy (non-hydrogen) atoms. The maximum atomic E-state index is 6.38. The Labute approximate surface area is 123 Å². The Morgan fingerprint density at radius 3 is 2.70 bits per heavy atom. The number of hydrogen-bond acceptors (Lipinski definition) is 2. The molecular weight excluding hydrogens is 246 g/mol. The first-order valence-electron chi connectivity index (χ1n) is 8.15. The van der Waals surface area contributed by atoms with Gasteiger partial charge in [-0.05, 0) is 19.3 Å². The summed E-state index contributed by atoms with van der Waals surface area (Å²) in [5, 5.41) is 0. The van der Waals surface area contributed by atoms with Gasteiger partial charge < -0.3 is 10.3 Å². The van der Waals surface area contributed by atoms with Crippen LogP contribution in [0.2, 0.25) is 0 Å². The minimum absolute atomic E-state index is 0.452. The molecule has 3 nitrogen and oxygen atoms in total. The molecule has 3 heteroatoms. The van der Waals surface area contributed by atoms with E-state index in [0.29, 0.717) is 11.8 Å². The molecule has 1 heterocycles. The lowest BCUT2D eigenvalue weighted by molar-refractivity contribution is 0.419. The molecule has 112 valence electrons. The van der Waals surface area contributed by atoms with E-state index in [9.17, 15) is 0 Å². The van der Waals surface area contributed by atoms with E-state index in [1.807, 2.05) is 6.08 Å². The molecule has 0 saturated heterocycles. The highest BCUT2D eigenvalue weighted by Gasteiger charge is 2.25. The SMILES string of the molecule is C=CCn1c(C2CCCCC2)nc(C(C)CCC)c1N. The second-order valence-electron chi connectivity index (χ2n) is 6.16. The van der Waals surface area contributed by atoms with Crippen LogP contribution < -0.4 is 5.73 Å². The molecule has 0 bridgehead atoms. The van der Waals surface area contributed by atoms with Crippen LogP contribution in [0.1, 0.15) is 82.1 Å². The lowest BCUT2D eigenvalue weighted by atomic mass is 9.88. The summed E-state index contributed by atoms with van der Waals surface area (Å²) in [7, 11) is 0. The molecule has 1 fully saturated rings. The van der Waals surface area contributed by atoms with Crippen LogP contribution in [0.25, 0.3) is 0 Å². The molecule has 1 aromatic rings. The second kappa shape index (κ2) is 6.96. The summed E-state index contributed by atoms with van der Waals surface area (Å²) in [4.78, 5) is 4.96. The first-order valence-corrected chi connectivity index (χ1v) is 8.15. The Morgan fingerprint density at radius 2 is 2.10 bits per heavy atom. The molecule has 1 aromatic heterocycles. The lowest BCUT2D eigenvalue weighted by Gasteiger charge is -2.22. The number of aromatic nitrogens is 2. The van der Waals surface area contributed by atoms with Crippen LogP contribution in [-0.2, 0) is 6.54 Å². The first-order chi connectivity index (χ1) is 9.69. The van der Waals surface area contributed by atoms with Crippen LogP contribution in [0.15, 0.2) is 12.7 Å². The van der Waals surface area contributed by atoms with E-state index in [0.717, 1.165) is 24.5 Å². The predicted octanol–water partition coefficient (Wildman–Crippen LogP) is 4.60. The Morgan fingerprint density at radius 1 is 1.40 bits per heavy atom. The summed E-state index contributed by atoms with van der Waals surface area (Å²) in [6.07, 6.45) is 10.8. The Balaban J connectivity index is 2.33. The highest BCUT2D eigenvalue weighted by atomic mass is 15.1. The number of anilines is 1. The minimum Gasteiger partial charge on any atom is -0.384 e. The van der Waals surface area contributed by atoms with Gasteiger partial charge in [0.15, 0.2) is 0 Å². The van der Waals surface area contributed by atoms with Crippen LogP contribution >= 0.6 is 0 Å². The van der Waals surface area contributed by atoms with E-state index < -0.39 is 0 Å². The van der Waals surface area contributed by atoms with E-state index in [2.05, 4.69) is 25.0 Å². The van der Waals surface area contributed by atoms with Crippen molar-refractivity contribution in [2.75, 3.05) is 5.73 Å². The number of hydrogen-bond donors (Lipinski definition) is 1. The van der Waals surface area contributed by atoms with Crippen molar-refractivity contribution in [1.82, 2.24) is 9.55 Å². The third-order valence-electron chi connectivity index (χ3n) is 4.54. The van der Waals surface area contributed by atoms with Crippen molar-refractivity contribution >= 4 is 5.82 Å². The van der Waals surface area contributed by atoms with Crippen molar-refractivity contribution in [3.05, 3.63) is 24.2 Å². The van der Waals surface area contributed by atoms with Gasteiger partial charge in [-0.25, -0.2) is 4.98 Å². The van der Waals surface area contributed by atoms with Gasteiger partial charge in [0.25, 0.3) is 0 Å². The van der Waals surface area contributed by atoms with Gasteiger partial charge in [-0.2, -0.15) is 0 Å². The third-order valence-corrected chi connectivity index (χ3v) is 4.54. The second-order valence-corrected chi connectivity index (χ2v) is 6.16. The monoisotopic (exact) mass is 275 g/mol. The maximum Gasteiger partial charge on any atom is 0.127 e. The van der Waals surface area contributed by atoms with E-state index in [4.69, 9.17) is 10.7 Å². The van der Waals surface area contributed by atoms with Crippen LogP contribution in [0.5, 0.6) is 0 Å². The molecule has 2 rings (SSSR count). The number of nitrogen functional groups attached to an aromatic ring is 1. The van der Waals surface area contributed by atoms with Gasteiger partial charge in [0.2, 0.25) is 0 Å². The summed E-state index contributed by atoms with van der Waals surface area (Å²) in [5.41, 5.74) is 7.49. The quantitative estimate of drug-likeness (QED) is 0.771. The topological polar surface area (TPSA) is 43.8 Å². The summed E-state index contributed by atoms with van der Waals surface area (Å²) in [6.45, 7) is 9.11.